The van der Waals surface area contributed by atoms with Gasteiger partial charge in [-0.05, 0) is 56.2 Å². The summed E-state index contributed by atoms with van der Waals surface area (Å²) in [4.78, 5) is 12.2. The second kappa shape index (κ2) is 9.10. The number of ether oxygens (including phenoxy) is 2. The lowest BCUT2D eigenvalue weighted by atomic mass is 10.1. The van der Waals surface area contributed by atoms with Gasteiger partial charge >= 0.3 is 0 Å². The lowest BCUT2D eigenvalue weighted by Gasteiger charge is -2.11. The van der Waals surface area contributed by atoms with Crippen LogP contribution in [0.1, 0.15) is 28.1 Å². The highest BCUT2D eigenvalue weighted by atomic mass is 16.5. The van der Waals surface area contributed by atoms with E-state index in [9.17, 15) is 4.79 Å². The quantitative estimate of drug-likeness (QED) is 0.583. The number of nitrogens with one attached hydrogen (secondary N) is 1. The van der Waals surface area contributed by atoms with Crippen LogP contribution in [0.25, 0.3) is 6.08 Å². The Balaban J connectivity index is 1.67. The van der Waals surface area contributed by atoms with Crippen LogP contribution in [0.5, 0.6) is 11.5 Å². The number of methoxy groups -OCH3 is 1. The van der Waals surface area contributed by atoms with Crippen molar-refractivity contribution in [1.29, 1.82) is 0 Å². The van der Waals surface area contributed by atoms with E-state index < -0.39 is 0 Å². The Bertz CT molecular complexity index is 1020. The Morgan fingerprint density at radius 3 is 2.62 bits per heavy atom. The fourth-order valence-electron chi connectivity index (χ4n) is 2.82. The number of hydrogen-bond donors (Lipinski definition) is 1. The molecule has 3 rings (SSSR count). The second-order valence-electron chi connectivity index (χ2n) is 6.64. The van der Waals surface area contributed by atoms with Crippen molar-refractivity contribution in [3.63, 3.8) is 0 Å². The van der Waals surface area contributed by atoms with Crippen LogP contribution >= 0.6 is 0 Å². The van der Waals surface area contributed by atoms with Gasteiger partial charge < -0.3 is 19.3 Å². The molecule has 6 nitrogen and oxygen atoms in total. The van der Waals surface area contributed by atoms with Crippen LogP contribution in [0.3, 0.4) is 0 Å². The van der Waals surface area contributed by atoms with Crippen LogP contribution in [0.4, 0.5) is 5.69 Å². The molecule has 0 bridgehead atoms. The molecule has 0 aliphatic heterocycles. The number of carbonyl (C=O) groups excluding carboxylic acids is 1. The number of carbonyl (C=O) groups is 1. The van der Waals surface area contributed by atoms with Gasteiger partial charge in [0.1, 0.15) is 12.4 Å². The summed E-state index contributed by atoms with van der Waals surface area (Å²) in [5, 5.41) is 6.80. The molecule has 0 fully saturated rings. The molecule has 0 aliphatic carbocycles. The standard InChI is InChI=1S/C23H24N2O4/c1-15-7-5-6-8-20(15)24-23(26)12-10-18-9-11-21(22(13-18)27-4)28-14-19-16(2)25-29-17(19)3/h5-13H,14H2,1-4H3,(H,24,26)/b12-10+. The van der Waals surface area contributed by atoms with Gasteiger partial charge in [-0.3, -0.25) is 4.79 Å². The van der Waals surface area contributed by atoms with E-state index >= 15 is 0 Å². The lowest BCUT2D eigenvalue weighted by molar-refractivity contribution is -0.111. The first-order valence-electron chi connectivity index (χ1n) is 9.25. The van der Waals surface area contributed by atoms with E-state index in [-0.39, 0.29) is 5.91 Å². The Labute approximate surface area is 170 Å². The normalized spacial score (nSPS) is 10.9. The maximum absolute atomic E-state index is 12.2. The summed E-state index contributed by atoms with van der Waals surface area (Å²) in [5.74, 6) is 1.73. The molecule has 1 N–H and O–H groups in total. The molecular formula is C23H24N2O4. The van der Waals surface area contributed by atoms with Crippen molar-refractivity contribution in [3.8, 4) is 11.5 Å². The molecule has 0 saturated carbocycles. The minimum absolute atomic E-state index is 0.197. The van der Waals surface area contributed by atoms with Crippen molar-refractivity contribution in [2.24, 2.45) is 0 Å². The summed E-state index contributed by atoms with van der Waals surface area (Å²) < 4.78 is 16.5. The van der Waals surface area contributed by atoms with Crippen molar-refractivity contribution >= 4 is 17.7 Å². The fourth-order valence-corrected chi connectivity index (χ4v) is 2.82. The maximum atomic E-state index is 12.2. The van der Waals surface area contributed by atoms with Crippen molar-refractivity contribution in [3.05, 3.63) is 76.7 Å². The molecule has 1 heterocycles. The topological polar surface area (TPSA) is 73.6 Å². The molecule has 29 heavy (non-hydrogen) atoms. The van der Waals surface area contributed by atoms with E-state index in [1.807, 2.05) is 63.2 Å². The molecule has 2 aromatic carbocycles. The average Bonchev–Trinajstić information content (AvgIpc) is 3.04. The molecule has 150 valence electrons. The SMILES string of the molecule is COc1cc(/C=C/C(=O)Nc2ccccc2C)ccc1OCc1c(C)noc1C. The van der Waals surface area contributed by atoms with E-state index in [2.05, 4.69) is 10.5 Å². The Kier molecular flexibility index (Phi) is 6.34. The summed E-state index contributed by atoms with van der Waals surface area (Å²) >= 11 is 0. The molecule has 0 saturated heterocycles. The van der Waals surface area contributed by atoms with Gasteiger partial charge in [-0.1, -0.05) is 29.4 Å². The van der Waals surface area contributed by atoms with Crippen LogP contribution in [0.15, 0.2) is 53.1 Å². The zero-order chi connectivity index (χ0) is 20.8. The number of benzene rings is 2. The van der Waals surface area contributed by atoms with E-state index in [1.165, 1.54) is 6.08 Å². The largest absolute Gasteiger partial charge is 0.493 e. The minimum atomic E-state index is -0.197. The first-order valence-corrected chi connectivity index (χ1v) is 9.25. The molecule has 0 atom stereocenters. The van der Waals surface area contributed by atoms with Crippen LogP contribution < -0.4 is 14.8 Å². The molecule has 1 aromatic heterocycles. The molecule has 0 unspecified atom stereocenters. The van der Waals surface area contributed by atoms with Gasteiger partial charge in [0.05, 0.1) is 18.4 Å². The van der Waals surface area contributed by atoms with Crippen LogP contribution in [-0.4, -0.2) is 18.2 Å². The number of aryl methyl sites for hydroxylation is 3. The molecule has 0 aliphatic rings. The number of nitrogens with zero attached hydrogens (tertiary/aromatic N) is 1. The summed E-state index contributed by atoms with van der Waals surface area (Å²) in [6, 6.07) is 13.1. The number of amides is 1. The number of rotatable bonds is 7. The number of hydrogen-bond acceptors (Lipinski definition) is 5. The van der Waals surface area contributed by atoms with Gasteiger partial charge in [0, 0.05) is 11.8 Å². The highest BCUT2D eigenvalue weighted by Gasteiger charge is 2.12. The van der Waals surface area contributed by atoms with Gasteiger partial charge in [-0.2, -0.15) is 0 Å². The summed E-state index contributed by atoms with van der Waals surface area (Å²) in [5.41, 5.74) is 4.36. The van der Waals surface area contributed by atoms with Gasteiger partial charge in [0.25, 0.3) is 0 Å². The first kappa shape index (κ1) is 20.2. The third kappa shape index (κ3) is 5.04. The molecule has 0 radical (unpaired) electrons. The maximum Gasteiger partial charge on any atom is 0.248 e. The van der Waals surface area contributed by atoms with Gasteiger partial charge in [-0.25, -0.2) is 0 Å². The van der Waals surface area contributed by atoms with E-state index in [1.54, 1.807) is 13.2 Å². The third-order valence-electron chi connectivity index (χ3n) is 4.57. The summed E-state index contributed by atoms with van der Waals surface area (Å²) in [6.07, 6.45) is 3.22. The van der Waals surface area contributed by atoms with Gasteiger partial charge in [-0.15, -0.1) is 0 Å². The number of aromatic nitrogens is 1. The zero-order valence-electron chi connectivity index (χ0n) is 17.0. The molecule has 6 heteroatoms. The van der Waals surface area contributed by atoms with Crippen LogP contribution in [0.2, 0.25) is 0 Å². The highest BCUT2D eigenvalue weighted by Crippen LogP contribution is 2.30. The van der Waals surface area contributed by atoms with Crippen molar-refractivity contribution in [2.45, 2.75) is 27.4 Å². The molecule has 1 amide bonds. The Hall–Kier alpha value is -3.54. The van der Waals surface area contributed by atoms with Gasteiger partial charge in [0.2, 0.25) is 5.91 Å². The van der Waals surface area contributed by atoms with E-state index in [4.69, 9.17) is 14.0 Å². The molecule has 0 spiro atoms. The van der Waals surface area contributed by atoms with Crippen molar-refractivity contribution in [1.82, 2.24) is 5.16 Å². The van der Waals surface area contributed by atoms with Crippen LogP contribution in [-0.2, 0) is 11.4 Å². The van der Waals surface area contributed by atoms with Crippen LogP contribution in [0, 0.1) is 20.8 Å². The second-order valence-corrected chi connectivity index (χ2v) is 6.64. The molecular weight excluding hydrogens is 368 g/mol. The lowest BCUT2D eigenvalue weighted by Crippen LogP contribution is -2.08. The predicted molar refractivity (Wildman–Crippen MR) is 112 cm³/mol. The summed E-state index contributed by atoms with van der Waals surface area (Å²) in [6.45, 7) is 6.02. The van der Waals surface area contributed by atoms with Gasteiger partial charge in [0.15, 0.2) is 11.5 Å². The summed E-state index contributed by atoms with van der Waals surface area (Å²) in [7, 11) is 1.58. The Morgan fingerprint density at radius 1 is 1.14 bits per heavy atom. The Morgan fingerprint density at radius 2 is 1.93 bits per heavy atom. The highest BCUT2D eigenvalue weighted by molar-refractivity contribution is 6.02. The predicted octanol–water partition coefficient (Wildman–Crippen LogP) is 4.84. The zero-order valence-corrected chi connectivity index (χ0v) is 17.0. The van der Waals surface area contributed by atoms with Crippen molar-refractivity contribution in [2.75, 3.05) is 12.4 Å². The first-order chi connectivity index (χ1) is 14.0. The monoisotopic (exact) mass is 392 g/mol. The molecule has 3 aromatic rings. The fraction of sp³-hybridized carbons (Fsp3) is 0.217. The van der Waals surface area contributed by atoms with E-state index in [0.29, 0.717) is 18.1 Å². The van der Waals surface area contributed by atoms with Crippen molar-refractivity contribution < 1.29 is 18.8 Å². The average molecular weight is 392 g/mol. The number of anilines is 1. The minimum Gasteiger partial charge on any atom is -0.493 e. The smallest absolute Gasteiger partial charge is 0.248 e. The number of para-hydroxylation sites is 1. The van der Waals surface area contributed by atoms with E-state index in [0.717, 1.165) is 33.8 Å². The third-order valence-corrected chi connectivity index (χ3v) is 4.57.